The summed E-state index contributed by atoms with van der Waals surface area (Å²) in [6.45, 7) is 9.31. The molecule has 3 rings (SSSR count). The molecule has 0 fully saturated rings. The monoisotopic (exact) mass is 521 g/mol. The SMILES string of the molecule is CCNC(=O)[C@H](C)N(Cc1ccccc1C)C(=O)CN(c1cccc(C)c1)S(=O)(=O)c1ccc(C)cc1. The molecular weight excluding hydrogens is 486 g/mol. The molecule has 3 aromatic carbocycles. The summed E-state index contributed by atoms with van der Waals surface area (Å²) in [6.07, 6.45) is 0. The third kappa shape index (κ3) is 6.77. The molecule has 0 aliphatic carbocycles. The molecule has 196 valence electrons. The van der Waals surface area contributed by atoms with Crippen molar-refractivity contribution in [2.24, 2.45) is 0 Å². The highest BCUT2D eigenvalue weighted by Crippen LogP contribution is 2.26. The van der Waals surface area contributed by atoms with E-state index in [1.165, 1.54) is 4.90 Å². The van der Waals surface area contributed by atoms with E-state index in [2.05, 4.69) is 5.32 Å². The Morgan fingerprint density at radius 2 is 1.57 bits per heavy atom. The number of nitrogens with one attached hydrogen (secondary N) is 1. The predicted octanol–water partition coefficient (Wildman–Crippen LogP) is 4.36. The first-order valence-electron chi connectivity index (χ1n) is 12.3. The Kier molecular flexibility index (Phi) is 9.10. The number of hydrogen-bond donors (Lipinski definition) is 1. The second kappa shape index (κ2) is 12.1. The lowest BCUT2D eigenvalue weighted by molar-refractivity contribution is -0.139. The van der Waals surface area contributed by atoms with Crippen molar-refractivity contribution in [3.63, 3.8) is 0 Å². The minimum Gasteiger partial charge on any atom is -0.355 e. The zero-order valence-corrected chi connectivity index (χ0v) is 22.9. The first-order valence-corrected chi connectivity index (χ1v) is 13.8. The smallest absolute Gasteiger partial charge is 0.264 e. The lowest BCUT2D eigenvalue weighted by Gasteiger charge is -2.32. The van der Waals surface area contributed by atoms with Gasteiger partial charge in [0, 0.05) is 13.1 Å². The third-order valence-corrected chi connectivity index (χ3v) is 8.09. The highest BCUT2D eigenvalue weighted by Gasteiger charge is 2.32. The fourth-order valence-electron chi connectivity index (χ4n) is 4.02. The van der Waals surface area contributed by atoms with E-state index in [1.807, 2.05) is 58.0 Å². The number of benzene rings is 3. The van der Waals surface area contributed by atoms with Crippen molar-refractivity contribution in [2.75, 3.05) is 17.4 Å². The van der Waals surface area contributed by atoms with Crippen LogP contribution in [0.4, 0.5) is 5.69 Å². The van der Waals surface area contributed by atoms with E-state index < -0.39 is 28.5 Å². The van der Waals surface area contributed by atoms with Crippen LogP contribution in [0, 0.1) is 20.8 Å². The molecule has 1 atom stereocenters. The van der Waals surface area contributed by atoms with Crippen molar-refractivity contribution in [3.8, 4) is 0 Å². The predicted molar refractivity (Wildman–Crippen MR) is 147 cm³/mol. The molecule has 0 heterocycles. The lowest BCUT2D eigenvalue weighted by Crippen LogP contribution is -2.51. The average molecular weight is 522 g/mol. The summed E-state index contributed by atoms with van der Waals surface area (Å²) in [6, 6.07) is 20.4. The van der Waals surface area contributed by atoms with E-state index in [0.29, 0.717) is 12.2 Å². The number of rotatable bonds is 10. The van der Waals surface area contributed by atoms with Crippen LogP contribution < -0.4 is 9.62 Å². The number of carbonyl (C=O) groups is 2. The normalized spacial score (nSPS) is 12.0. The van der Waals surface area contributed by atoms with Gasteiger partial charge < -0.3 is 10.2 Å². The molecular formula is C29H35N3O4S. The first kappa shape index (κ1) is 27.9. The van der Waals surface area contributed by atoms with Crippen molar-refractivity contribution in [2.45, 2.75) is 52.1 Å². The Hall–Kier alpha value is -3.65. The Balaban J connectivity index is 2.04. The molecule has 0 radical (unpaired) electrons. The van der Waals surface area contributed by atoms with Crippen LogP contribution in [0.1, 0.15) is 36.1 Å². The van der Waals surface area contributed by atoms with E-state index in [1.54, 1.807) is 49.4 Å². The molecule has 0 saturated heterocycles. The molecule has 3 aromatic rings. The highest BCUT2D eigenvalue weighted by atomic mass is 32.2. The number of hydrogen-bond acceptors (Lipinski definition) is 4. The molecule has 0 unspecified atom stereocenters. The molecule has 0 bridgehead atoms. The maximum Gasteiger partial charge on any atom is 0.264 e. The molecule has 1 N–H and O–H groups in total. The van der Waals surface area contributed by atoms with Crippen LogP contribution in [-0.2, 0) is 26.2 Å². The third-order valence-electron chi connectivity index (χ3n) is 6.30. The van der Waals surface area contributed by atoms with Gasteiger partial charge in [0.2, 0.25) is 11.8 Å². The summed E-state index contributed by atoms with van der Waals surface area (Å²) in [5, 5.41) is 2.77. The molecule has 0 spiro atoms. The number of carbonyl (C=O) groups excluding carboxylic acids is 2. The van der Waals surface area contributed by atoms with Crippen LogP contribution in [0.15, 0.2) is 77.7 Å². The Morgan fingerprint density at radius 1 is 0.892 bits per heavy atom. The fraction of sp³-hybridized carbons (Fsp3) is 0.310. The minimum atomic E-state index is -4.07. The maximum atomic E-state index is 13.8. The van der Waals surface area contributed by atoms with Crippen LogP contribution in [0.25, 0.3) is 0 Å². The molecule has 7 nitrogen and oxygen atoms in total. The van der Waals surface area contributed by atoms with Gasteiger partial charge in [-0.2, -0.15) is 0 Å². The van der Waals surface area contributed by atoms with Gasteiger partial charge in [-0.25, -0.2) is 8.42 Å². The van der Waals surface area contributed by atoms with E-state index in [9.17, 15) is 18.0 Å². The maximum absolute atomic E-state index is 13.8. The van der Waals surface area contributed by atoms with Gasteiger partial charge in [0.25, 0.3) is 10.0 Å². The Morgan fingerprint density at radius 3 is 2.19 bits per heavy atom. The van der Waals surface area contributed by atoms with Crippen LogP contribution in [0.3, 0.4) is 0 Å². The summed E-state index contributed by atoms with van der Waals surface area (Å²) < 4.78 is 28.7. The number of likely N-dealkylation sites (N-methyl/N-ethyl adjacent to an activating group) is 1. The summed E-state index contributed by atoms with van der Waals surface area (Å²) in [5.74, 6) is -0.771. The van der Waals surface area contributed by atoms with Gasteiger partial charge in [0.15, 0.2) is 0 Å². The molecule has 37 heavy (non-hydrogen) atoms. The van der Waals surface area contributed by atoms with Crippen molar-refractivity contribution in [3.05, 3.63) is 95.1 Å². The number of anilines is 1. The fourth-order valence-corrected chi connectivity index (χ4v) is 5.43. The first-order chi connectivity index (χ1) is 17.5. The van der Waals surface area contributed by atoms with E-state index in [0.717, 1.165) is 26.6 Å². The number of nitrogens with zero attached hydrogens (tertiary/aromatic N) is 2. The van der Waals surface area contributed by atoms with E-state index in [4.69, 9.17) is 0 Å². The molecule has 0 aliphatic rings. The van der Waals surface area contributed by atoms with Gasteiger partial charge in [-0.3, -0.25) is 13.9 Å². The Labute approximate surface area is 220 Å². The minimum absolute atomic E-state index is 0.0923. The topological polar surface area (TPSA) is 86.8 Å². The summed E-state index contributed by atoms with van der Waals surface area (Å²) >= 11 is 0. The van der Waals surface area contributed by atoms with E-state index >= 15 is 0 Å². The van der Waals surface area contributed by atoms with Crippen molar-refractivity contribution in [1.82, 2.24) is 10.2 Å². The van der Waals surface area contributed by atoms with Crippen LogP contribution in [0.2, 0.25) is 0 Å². The van der Waals surface area contributed by atoms with Gasteiger partial charge >= 0.3 is 0 Å². The standard InChI is InChI=1S/C29H35N3O4S/c1-6-30-29(34)24(5)31(19-25-12-8-7-11-23(25)4)28(33)20-32(26-13-9-10-22(3)18-26)37(35,36)27-16-14-21(2)15-17-27/h7-18,24H,6,19-20H2,1-5H3,(H,30,34)/t24-/m0/s1. The summed E-state index contributed by atoms with van der Waals surface area (Å²) in [7, 11) is -4.07. The number of amides is 2. The van der Waals surface area contributed by atoms with Crippen LogP contribution in [0.5, 0.6) is 0 Å². The molecule has 2 amide bonds. The van der Waals surface area contributed by atoms with Crippen LogP contribution >= 0.6 is 0 Å². The molecule has 0 aromatic heterocycles. The molecule has 8 heteroatoms. The van der Waals surface area contributed by atoms with Gasteiger partial charge in [-0.15, -0.1) is 0 Å². The molecule has 0 aliphatic heterocycles. The van der Waals surface area contributed by atoms with Gasteiger partial charge in [-0.05, 0) is 75.6 Å². The second-order valence-corrected chi connectivity index (χ2v) is 11.0. The largest absolute Gasteiger partial charge is 0.355 e. The van der Waals surface area contributed by atoms with E-state index in [-0.39, 0.29) is 17.3 Å². The van der Waals surface area contributed by atoms with Crippen molar-refractivity contribution < 1.29 is 18.0 Å². The zero-order valence-electron chi connectivity index (χ0n) is 22.1. The number of sulfonamides is 1. The van der Waals surface area contributed by atoms with Crippen LogP contribution in [-0.4, -0.2) is 44.3 Å². The zero-order chi connectivity index (χ0) is 27.2. The van der Waals surface area contributed by atoms with Gasteiger partial charge in [-0.1, -0.05) is 54.1 Å². The Bertz CT molecular complexity index is 1350. The second-order valence-electron chi connectivity index (χ2n) is 9.18. The average Bonchev–Trinajstić information content (AvgIpc) is 2.86. The quantitative estimate of drug-likeness (QED) is 0.430. The summed E-state index contributed by atoms with van der Waals surface area (Å²) in [4.78, 5) is 28.2. The highest BCUT2D eigenvalue weighted by molar-refractivity contribution is 7.92. The summed E-state index contributed by atoms with van der Waals surface area (Å²) in [5.41, 5.74) is 4.04. The number of aryl methyl sites for hydroxylation is 3. The molecule has 0 saturated carbocycles. The van der Waals surface area contributed by atoms with Gasteiger partial charge in [0.1, 0.15) is 12.6 Å². The van der Waals surface area contributed by atoms with Gasteiger partial charge in [0.05, 0.1) is 10.6 Å². The lowest BCUT2D eigenvalue weighted by atomic mass is 10.1. The van der Waals surface area contributed by atoms with Crippen molar-refractivity contribution >= 4 is 27.5 Å². The van der Waals surface area contributed by atoms with Crippen molar-refractivity contribution in [1.29, 1.82) is 0 Å².